The Balaban J connectivity index is 1.80. The molecule has 16 heavy (non-hydrogen) atoms. The summed E-state index contributed by atoms with van der Waals surface area (Å²) in [6.07, 6.45) is 12.5. The second kappa shape index (κ2) is 4.07. The Hall–Kier alpha value is -1.07. The largest absolute Gasteiger partial charge is 0.307 e. The maximum Gasteiger partial charge on any atom is 0.0655 e. The van der Waals surface area contributed by atoms with Gasteiger partial charge < -0.3 is 5.32 Å². The lowest BCUT2D eigenvalue weighted by Crippen LogP contribution is -2.31. The summed E-state index contributed by atoms with van der Waals surface area (Å²) in [5, 5.41) is 12.8. The van der Waals surface area contributed by atoms with Crippen LogP contribution in [-0.2, 0) is 0 Å². The van der Waals surface area contributed by atoms with Crippen LogP contribution in [0.4, 0.5) is 0 Å². The summed E-state index contributed by atoms with van der Waals surface area (Å²) in [5.74, 6) is 0.999. The zero-order chi connectivity index (χ0) is 11.0. The summed E-state index contributed by atoms with van der Waals surface area (Å²) in [6.45, 7) is 0. The minimum atomic E-state index is 0.297. The molecular weight excluding hydrogens is 196 g/mol. The second-order valence-electron chi connectivity index (χ2n) is 5.24. The van der Waals surface area contributed by atoms with E-state index >= 15 is 0 Å². The number of fused-ring (bicyclic) bond motifs is 3. The number of rotatable bonds is 0. The van der Waals surface area contributed by atoms with Crippen molar-refractivity contribution in [3.63, 3.8) is 0 Å². The molecule has 1 heterocycles. The molecule has 4 atom stereocenters. The molecule has 1 saturated carbocycles. The van der Waals surface area contributed by atoms with Crippen LogP contribution in [0.3, 0.4) is 0 Å². The van der Waals surface area contributed by atoms with E-state index in [1.54, 1.807) is 5.57 Å². The van der Waals surface area contributed by atoms with E-state index in [1.807, 2.05) is 0 Å². The number of nitrogens with zero attached hydrogens (tertiary/aromatic N) is 1. The first-order chi connectivity index (χ1) is 7.88. The smallest absolute Gasteiger partial charge is 0.0655 e. The van der Waals surface area contributed by atoms with Crippen LogP contribution in [-0.4, -0.2) is 12.1 Å². The quantitative estimate of drug-likeness (QED) is 0.672. The van der Waals surface area contributed by atoms with Gasteiger partial charge in [-0.3, -0.25) is 0 Å². The number of hydrogen-bond donors (Lipinski definition) is 1. The van der Waals surface area contributed by atoms with Gasteiger partial charge in [-0.2, -0.15) is 5.26 Å². The van der Waals surface area contributed by atoms with E-state index < -0.39 is 0 Å². The van der Waals surface area contributed by atoms with Gasteiger partial charge in [0.2, 0.25) is 0 Å². The molecule has 0 radical (unpaired) electrons. The molecule has 2 fully saturated rings. The molecule has 0 aromatic carbocycles. The van der Waals surface area contributed by atoms with Crippen molar-refractivity contribution in [3.05, 3.63) is 23.8 Å². The van der Waals surface area contributed by atoms with Gasteiger partial charge in [0.1, 0.15) is 0 Å². The highest BCUT2D eigenvalue weighted by atomic mass is 15.0. The molecular formula is C14H18N2. The highest BCUT2D eigenvalue weighted by Gasteiger charge is 2.39. The molecule has 3 rings (SSSR count). The molecule has 1 N–H and O–H groups in total. The first kappa shape index (κ1) is 10.1. The molecule has 2 nitrogen and oxygen atoms in total. The van der Waals surface area contributed by atoms with Crippen molar-refractivity contribution in [2.24, 2.45) is 11.8 Å². The van der Waals surface area contributed by atoms with E-state index in [1.165, 1.54) is 12.8 Å². The fraction of sp³-hybridized carbons (Fsp3) is 0.643. The number of nitrogens with one attached hydrogen (secondary N) is 1. The highest BCUT2D eigenvalue weighted by Crippen LogP contribution is 2.39. The summed E-state index contributed by atoms with van der Waals surface area (Å²) in [4.78, 5) is 0. The van der Waals surface area contributed by atoms with Gasteiger partial charge in [0.05, 0.1) is 6.07 Å². The third-order valence-corrected chi connectivity index (χ3v) is 4.36. The number of nitriles is 1. The summed E-state index contributed by atoms with van der Waals surface area (Å²) >= 11 is 0. The Kier molecular flexibility index (Phi) is 2.57. The predicted octanol–water partition coefficient (Wildman–Crippen LogP) is 2.54. The highest BCUT2D eigenvalue weighted by molar-refractivity contribution is 5.31. The summed E-state index contributed by atoms with van der Waals surface area (Å²) in [7, 11) is 0. The molecule has 0 amide bonds. The lowest BCUT2D eigenvalue weighted by atomic mass is 9.86. The van der Waals surface area contributed by atoms with Gasteiger partial charge >= 0.3 is 0 Å². The van der Waals surface area contributed by atoms with Crippen molar-refractivity contribution in [1.82, 2.24) is 5.32 Å². The van der Waals surface area contributed by atoms with Gasteiger partial charge in [-0.1, -0.05) is 18.2 Å². The number of hydrogen-bond acceptors (Lipinski definition) is 2. The Morgan fingerprint density at radius 1 is 1.25 bits per heavy atom. The van der Waals surface area contributed by atoms with Crippen LogP contribution in [0.2, 0.25) is 0 Å². The molecule has 2 aliphatic carbocycles. The lowest BCUT2D eigenvalue weighted by Gasteiger charge is -2.17. The molecule has 3 aliphatic rings. The topological polar surface area (TPSA) is 35.8 Å². The second-order valence-corrected chi connectivity index (χ2v) is 5.24. The molecule has 84 valence electrons. The van der Waals surface area contributed by atoms with Crippen molar-refractivity contribution < 1.29 is 0 Å². The molecule has 0 spiro atoms. The standard InChI is InChI=1S/C14H18N2/c15-9-10-5-7-12-11-3-1-2-4-13(11)16-14(12)8-6-10/h1-3,10,12-14,16H,4-8H2. The fourth-order valence-electron chi connectivity index (χ4n) is 3.49. The SMILES string of the molecule is N#CC1CCC2NC3CC=CC=C3C2CC1. The van der Waals surface area contributed by atoms with Gasteiger partial charge in [0.15, 0.2) is 0 Å². The average molecular weight is 214 g/mol. The number of allylic oxidation sites excluding steroid dienone is 2. The maximum atomic E-state index is 9.02. The van der Waals surface area contributed by atoms with E-state index in [-0.39, 0.29) is 0 Å². The maximum absolute atomic E-state index is 9.02. The van der Waals surface area contributed by atoms with Crippen molar-refractivity contribution in [2.75, 3.05) is 0 Å². The average Bonchev–Trinajstić information content (AvgIpc) is 2.55. The van der Waals surface area contributed by atoms with Crippen molar-refractivity contribution in [2.45, 2.75) is 44.2 Å². The van der Waals surface area contributed by atoms with Crippen LogP contribution in [0.1, 0.15) is 32.1 Å². The van der Waals surface area contributed by atoms with Crippen LogP contribution in [0.25, 0.3) is 0 Å². The van der Waals surface area contributed by atoms with E-state index in [9.17, 15) is 0 Å². The molecule has 0 aromatic heterocycles. The van der Waals surface area contributed by atoms with Crippen molar-refractivity contribution in [3.8, 4) is 6.07 Å². The molecule has 4 unspecified atom stereocenters. The lowest BCUT2D eigenvalue weighted by molar-refractivity contribution is 0.443. The third-order valence-electron chi connectivity index (χ3n) is 4.36. The zero-order valence-corrected chi connectivity index (χ0v) is 9.52. The summed E-state index contributed by atoms with van der Waals surface area (Å²) in [5.41, 5.74) is 1.60. The first-order valence-corrected chi connectivity index (χ1v) is 6.41. The molecule has 1 saturated heterocycles. The van der Waals surface area contributed by atoms with Crippen molar-refractivity contribution in [1.29, 1.82) is 5.26 Å². The predicted molar refractivity (Wildman–Crippen MR) is 63.6 cm³/mol. The normalized spacial score (nSPS) is 41.6. The van der Waals surface area contributed by atoms with Gasteiger partial charge in [-0.05, 0) is 43.6 Å². The van der Waals surface area contributed by atoms with Crippen LogP contribution < -0.4 is 5.32 Å². The van der Waals surface area contributed by atoms with Crippen molar-refractivity contribution >= 4 is 0 Å². The third kappa shape index (κ3) is 1.60. The first-order valence-electron chi connectivity index (χ1n) is 6.41. The van der Waals surface area contributed by atoms with E-state index in [4.69, 9.17) is 5.26 Å². The molecule has 0 aromatic rings. The summed E-state index contributed by atoms with van der Waals surface area (Å²) < 4.78 is 0. The Labute approximate surface area is 97.0 Å². The summed E-state index contributed by atoms with van der Waals surface area (Å²) in [6, 6.07) is 3.67. The Morgan fingerprint density at radius 3 is 3.00 bits per heavy atom. The zero-order valence-electron chi connectivity index (χ0n) is 9.52. The minimum absolute atomic E-state index is 0.297. The van der Waals surface area contributed by atoms with Crippen LogP contribution in [0.15, 0.2) is 23.8 Å². The van der Waals surface area contributed by atoms with Gasteiger partial charge in [-0.25, -0.2) is 0 Å². The van der Waals surface area contributed by atoms with Gasteiger partial charge in [0, 0.05) is 18.0 Å². The van der Waals surface area contributed by atoms with E-state index in [0.29, 0.717) is 23.9 Å². The van der Waals surface area contributed by atoms with Gasteiger partial charge in [-0.15, -0.1) is 0 Å². The monoisotopic (exact) mass is 214 g/mol. The van der Waals surface area contributed by atoms with Crippen LogP contribution >= 0.6 is 0 Å². The van der Waals surface area contributed by atoms with Crippen LogP contribution in [0.5, 0.6) is 0 Å². The van der Waals surface area contributed by atoms with Crippen LogP contribution in [0, 0.1) is 23.2 Å². The fourth-order valence-corrected chi connectivity index (χ4v) is 3.49. The van der Waals surface area contributed by atoms with E-state index in [0.717, 1.165) is 19.3 Å². The molecule has 1 aliphatic heterocycles. The minimum Gasteiger partial charge on any atom is -0.307 e. The molecule has 2 heteroatoms. The Bertz CT molecular complexity index is 375. The van der Waals surface area contributed by atoms with E-state index in [2.05, 4.69) is 29.6 Å². The Morgan fingerprint density at radius 2 is 2.12 bits per heavy atom. The van der Waals surface area contributed by atoms with Gasteiger partial charge in [0.25, 0.3) is 0 Å². The molecule has 0 bridgehead atoms.